The number of nitrogens with one attached hydrogen (secondary N) is 2. The molecule has 1 aliphatic heterocycles. The molecule has 0 aliphatic carbocycles. The number of hydrogen-bond acceptors (Lipinski definition) is 4. The molecule has 0 atom stereocenters. The molecule has 0 saturated heterocycles. The van der Waals surface area contributed by atoms with E-state index in [2.05, 4.69) is 15.4 Å². The first kappa shape index (κ1) is 17.7. The molecule has 8 nitrogen and oxygen atoms in total. The van der Waals surface area contributed by atoms with Crippen molar-refractivity contribution in [2.45, 2.75) is 26.1 Å². The van der Waals surface area contributed by atoms with Crippen molar-refractivity contribution in [1.82, 2.24) is 24.4 Å². The number of fused-ring (bicyclic) bond motifs is 2. The van der Waals surface area contributed by atoms with Crippen molar-refractivity contribution in [3.8, 4) is 0 Å². The van der Waals surface area contributed by atoms with E-state index in [4.69, 9.17) is 0 Å². The zero-order chi connectivity index (χ0) is 19.0. The maximum absolute atomic E-state index is 12.3. The maximum Gasteiger partial charge on any atom is 0.224 e. The summed E-state index contributed by atoms with van der Waals surface area (Å²) in [5.74, 6) is -0.0801. The first-order valence-corrected chi connectivity index (χ1v) is 10.6. The maximum atomic E-state index is 12.3. The van der Waals surface area contributed by atoms with Crippen LogP contribution in [0.3, 0.4) is 0 Å². The third-order valence-electron chi connectivity index (χ3n) is 4.78. The van der Waals surface area contributed by atoms with Gasteiger partial charge in [0.25, 0.3) is 0 Å². The van der Waals surface area contributed by atoms with Crippen LogP contribution in [0.15, 0.2) is 36.5 Å². The van der Waals surface area contributed by atoms with Crippen LogP contribution in [0.4, 0.5) is 0 Å². The summed E-state index contributed by atoms with van der Waals surface area (Å²) in [6.07, 6.45) is 3.36. The number of sulfonamides is 1. The fourth-order valence-electron chi connectivity index (χ4n) is 3.37. The topological polar surface area (TPSA) is 100 Å². The number of aromatic amines is 1. The number of aromatic nitrogens is 3. The Morgan fingerprint density at radius 1 is 1.30 bits per heavy atom. The van der Waals surface area contributed by atoms with Crippen LogP contribution in [0, 0.1) is 0 Å². The Kier molecular flexibility index (Phi) is 4.48. The van der Waals surface area contributed by atoms with Gasteiger partial charge in [0.15, 0.2) is 0 Å². The summed E-state index contributed by atoms with van der Waals surface area (Å²) >= 11 is 0. The first-order chi connectivity index (χ1) is 12.9. The molecule has 0 spiro atoms. The van der Waals surface area contributed by atoms with Crippen LogP contribution in [0.5, 0.6) is 0 Å². The normalized spacial score (nSPS) is 15.0. The summed E-state index contributed by atoms with van der Waals surface area (Å²) < 4.78 is 26.6. The number of amides is 1. The lowest BCUT2D eigenvalue weighted by molar-refractivity contribution is -0.120. The Hall–Kier alpha value is -2.65. The van der Waals surface area contributed by atoms with Gasteiger partial charge in [0.2, 0.25) is 15.9 Å². The second-order valence-electron chi connectivity index (χ2n) is 6.76. The Morgan fingerprint density at radius 3 is 2.93 bits per heavy atom. The van der Waals surface area contributed by atoms with Crippen molar-refractivity contribution >= 4 is 26.8 Å². The van der Waals surface area contributed by atoms with Gasteiger partial charge in [-0.3, -0.25) is 9.48 Å². The summed E-state index contributed by atoms with van der Waals surface area (Å²) in [4.78, 5) is 15.5. The molecule has 0 saturated carbocycles. The molecule has 0 unspecified atom stereocenters. The predicted molar refractivity (Wildman–Crippen MR) is 101 cm³/mol. The zero-order valence-electron chi connectivity index (χ0n) is 15.0. The van der Waals surface area contributed by atoms with Crippen LogP contribution in [0.1, 0.15) is 17.0 Å². The molecule has 27 heavy (non-hydrogen) atoms. The van der Waals surface area contributed by atoms with Gasteiger partial charge in [-0.05, 0) is 17.7 Å². The monoisotopic (exact) mass is 387 g/mol. The first-order valence-electron chi connectivity index (χ1n) is 8.72. The molecule has 0 radical (unpaired) electrons. The Bertz CT molecular complexity index is 1100. The van der Waals surface area contributed by atoms with E-state index in [-0.39, 0.29) is 5.91 Å². The lowest BCUT2D eigenvalue weighted by Crippen LogP contribution is -2.37. The minimum atomic E-state index is -3.21. The smallest absolute Gasteiger partial charge is 0.224 e. The molecule has 1 aromatic carbocycles. The van der Waals surface area contributed by atoms with Crippen molar-refractivity contribution in [1.29, 1.82) is 0 Å². The quantitative estimate of drug-likeness (QED) is 0.682. The van der Waals surface area contributed by atoms with Gasteiger partial charge < -0.3 is 10.3 Å². The average molecular weight is 387 g/mol. The van der Waals surface area contributed by atoms with E-state index in [0.29, 0.717) is 32.6 Å². The molecule has 0 fully saturated rings. The molecular formula is C18H21N5O3S. The number of nitrogens with zero attached hydrogens (tertiary/aromatic N) is 3. The molecule has 142 valence electrons. The summed E-state index contributed by atoms with van der Waals surface area (Å²) in [5.41, 5.74) is 3.54. The minimum Gasteiger partial charge on any atom is -0.361 e. The fraction of sp³-hybridized carbons (Fsp3) is 0.333. The minimum absolute atomic E-state index is 0.0801. The van der Waals surface area contributed by atoms with Crippen LogP contribution in [-0.2, 0) is 40.9 Å². The number of H-pyrrole nitrogens is 1. The van der Waals surface area contributed by atoms with Crippen molar-refractivity contribution in [2.75, 3.05) is 12.8 Å². The van der Waals surface area contributed by atoms with Gasteiger partial charge in [-0.15, -0.1) is 0 Å². The fourth-order valence-corrected chi connectivity index (χ4v) is 4.15. The van der Waals surface area contributed by atoms with Crippen LogP contribution >= 0.6 is 0 Å². The number of benzene rings is 1. The summed E-state index contributed by atoms with van der Waals surface area (Å²) in [6, 6.07) is 9.72. The SMILES string of the molecule is CS(=O)(=O)N1CCn2nc(CNC(=O)Cc3c[nH]c4ccccc34)cc2C1. The van der Waals surface area contributed by atoms with Gasteiger partial charge >= 0.3 is 0 Å². The van der Waals surface area contributed by atoms with Crippen LogP contribution in [0.25, 0.3) is 10.9 Å². The highest BCUT2D eigenvalue weighted by Gasteiger charge is 2.24. The van der Waals surface area contributed by atoms with Crippen LogP contribution < -0.4 is 5.32 Å². The Balaban J connectivity index is 1.38. The summed E-state index contributed by atoms with van der Waals surface area (Å²) in [5, 5.41) is 8.40. The number of carbonyl (C=O) groups is 1. The summed E-state index contributed by atoms with van der Waals surface area (Å²) in [7, 11) is -3.21. The lowest BCUT2D eigenvalue weighted by Gasteiger charge is -2.25. The molecule has 0 bridgehead atoms. The van der Waals surface area contributed by atoms with Crippen LogP contribution in [-0.4, -0.2) is 46.2 Å². The van der Waals surface area contributed by atoms with Gasteiger partial charge in [0, 0.05) is 23.6 Å². The van der Waals surface area contributed by atoms with E-state index in [1.165, 1.54) is 10.6 Å². The molecule has 2 N–H and O–H groups in total. The second kappa shape index (κ2) is 6.82. The van der Waals surface area contributed by atoms with Gasteiger partial charge in [-0.2, -0.15) is 9.40 Å². The van der Waals surface area contributed by atoms with E-state index in [1.807, 2.05) is 41.2 Å². The van der Waals surface area contributed by atoms with Gasteiger partial charge in [0.05, 0.1) is 43.7 Å². The predicted octanol–water partition coefficient (Wildman–Crippen LogP) is 0.999. The van der Waals surface area contributed by atoms with Crippen molar-refractivity contribution in [3.05, 3.63) is 53.5 Å². The highest BCUT2D eigenvalue weighted by Crippen LogP contribution is 2.18. The molecule has 9 heteroatoms. The molecule has 3 heterocycles. The highest BCUT2D eigenvalue weighted by atomic mass is 32.2. The molecule has 1 amide bonds. The Labute approximate surface area is 157 Å². The third kappa shape index (κ3) is 3.74. The van der Waals surface area contributed by atoms with Gasteiger partial charge in [-0.25, -0.2) is 8.42 Å². The van der Waals surface area contributed by atoms with Crippen molar-refractivity contribution < 1.29 is 13.2 Å². The number of hydrogen-bond donors (Lipinski definition) is 2. The highest BCUT2D eigenvalue weighted by molar-refractivity contribution is 7.88. The largest absolute Gasteiger partial charge is 0.361 e. The number of rotatable bonds is 5. The second-order valence-corrected chi connectivity index (χ2v) is 8.74. The third-order valence-corrected chi connectivity index (χ3v) is 6.02. The van der Waals surface area contributed by atoms with Crippen molar-refractivity contribution in [2.24, 2.45) is 0 Å². The molecule has 3 aromatic rings. The lowest BCUT2D eigenvalue weighted by atomic mass is 10.1. The number of carbonyl (C=O) groups excluding carboxylic acids is 1. The molecule has 2 aromatic heterocycles. The van der Waals surface area contributed by atoms with E-state index in [0.717, 1.165) is 27.9 Å². The van der Waals surface area contributed by atoms with E-state index in [9.17, 15) is 13.2 Å². The van der Waals surface area contributed by atoms with E-state index < -0.39 is 10.0 Å². The standard InChI is InChI=1S/C18H21N5O3S/c1-27(25,26)22-6-7-23-15(12-22)9-14(21-23)11-20-18(24)8-13-10-19-17-5-3-2-4-16(13)17/h2-5,9-10,19H,6-8,11-12H2,1H3,(H,20,24). The van der Waals surface area contributed by atoms with E-state index in [1.54, 1.807) is 0 Å². The Morgan fingerprint density at radius 2 is 2.11 bits per heavy atom. The number of para-hydroxylation sites is 1. The van der Waals surface area contributed by atoms with Crippen molar-refractivity contribution in [3.63, 3.8) is 0 Å². The zero-order valence-corrected chi connectivity index (χ0v) is 15.8. The molecule has 1 aliphatic rings. The van der Waals surface area contributed by atoms with Crippen LogP contribution in [0.2, 0.25) is 0 Å². The molecule has 4 rings (SSSR count). The van der Waals surface area contributed by atoms with E-state index >= 15 is 0 Å². The molecular weight excluding hydrogens is 366 g/mol. The summed E-state index contributed by atoms with van der Waals surface area (Å²) in [6.45, 7) is 1.57. The van der Waals surface area contributed by atoms with Gasteiger partial charge in [-0.1, -0.05) is 18.2 Å². The van der Waals surface area contributed by atoms with Gasteiger partial charge in [0.1, 0.15) is 0 Å². The average Bonchev–Trinajstić information content (AvgIpc) is 3.22.